The molecule has 0 saturated carbocycles. The van der Waals surface area contributed by atoms with Crippen LogP contribution < -0.4 is 0 Å². The molecule has 4 nitrogen and oxygen atoms in total. The number of rotatable bonds is 4. The van der Waals surface area contributed by atoms with E-state index >= 15 is 0 Å². The highest BCUT2D eigenvalue weighted by Gasteiger charge is 2.14. The third-order valence-electron chi connectivity index (χ3n) is 3.24. The first kappa shape index (κ1) is 17.8. The van der Waals surface area contributed by atoms with E-state index in [1.165, 1.54) is 5.56 Å². The minimum absolute atomic E-state index is 0.0377. The van der Waals surface area contributed by atoms with Crippen LogP contribution in [0.5, 0.6) is 0 Å². The molecule has 1 aromatic carbocycles. The molecule has 1 N–H and O–H groups in total. The Labute approximate surface area is 133 Å². The maximum absolute atomic E-state index is 12.3. The van der Waals surface area contributed by atoms with Crippen LogP contribution in [0.15, 0.2) is 24.3 Å². The first-order valence-electron chi connectivity index (χ1n) is 7.26. The number of fused-ring (bicyclic) bond motifs is 1. The maximum atomic E-state index is 12.3. The molecule has 0 aliphatic heterocycles. The number of hydrogen-bond acceptors (Lipinski definition) is 2. The van der Waals surface area contributed by atoms with E-state index in [-0.39, 0.29) is 5.91 Å². The van der Waals surface area contributed by atoms with E-state index in [4.69, 9.17) is 0 Å². The average molecular weight is 299 g/mol. The second-order valence-corrected chi connectivity index (χ2v) is 5.59. The van der Waals surface area contributed by atoms with Crippen LogP contribution in [-0.2, 0) is 0 Å². The largest absolute Gasteiger partial charge is 0.351 e. The van der Waals surface area contributed by atoms with E-state index in [1.54, 1.807) is 11.8 Å². The number of likely N-dealkylation sites (N-methyl/N-ethyl adjacent to an activating group) is 2. The van der Waals surface area contributed by atoms with Gasteiger partial charge in [-0.2, -0.15) is 0 Å². The molecule has 2 aromatic rings. The van der Waals surface area contributed by atoms with E-state index in [0.29, 0.717) is 5.69 Å². The molecule has 0 aliphatic rings. The van der Waals surface area contributed by atoms with Gasteiger partial charge in [0.05, 0.1) is 0 Å². The summed E-state index contributed by atoms with van der Waals surface area (Å²) >= 11 is 0. The van der Waals surface area contributed by atoms with E-state index in [0.717, 1.165) is 24.0 Å². The predicted molar refractivity (Wildman–Crippen MR) is 93.1 cm³/mol. The third kappa shape index (κ3) is 4.94. The van der Waals surface area contributed by atoms with E-state index in [9.17, 15) is 4.79 Å². The van der Waals surface area contributed by atoms with Crippen LogP contribution in [0, 0.1) is 19.3 Å². The zero-order valence-corrected chi connectivity index (χ0v) is 14.1. The van der Waals surface area contributed by atoms with Crippen LogP contribution in [0.1, 0.15) is 23.0 Å². The summed E-state index contributed by atoms with van der Waals surface area (Å²) < 4.78 is 0. The van der Waals surface area contributed by atoms with Gasteiger partial charge in [0.2, 0.25) is 0 Å². The van der Waals surface area contributed by atoms with Gasteiger partial charge in [0.25, 0.3) is 5.91 Å². The molecule has 2 rings (SSSR count). The standard InChI is InChI=1S/C15H21N3O.C3H4/c1-11-5-6-13-12(9-11)10-14(16-13)15(19)18(4)8-7-17(2)3;1-3-2/h5-6,9-10,16H,7-8H2,1-4H3;1H,2H3. The number of nitrogens with one attached hydrogen (secondary N) is 1. The highest BCUT2D eigenvalue weighted by atomic mass is 16.2. The van der Waals surface area contributed by atoms with Gasteiger partial charge in [0, 0.05) is 31.0 Å². The van der Waals surface area contributed by atoms with Crippen molar-refractivity contribution in [1.82, 2.24) is 14.8 Å². The Morgan fingerprint density at radius 2 is 1.86 bits per heavy atom. The van der Waals surface area contributed by atoms with E-state index < -0.39 is 0 Å². The Kier molecular flexibility index (Phi) is 6.68. The summed E-state index contributed by atoms with van der Waals surface area (Å²) in [5.74, 6) is 2.29. The van der Waals surface area contributed by atoms with Crippen molar-refractivity contribution in [3.05, 3.63) is 35.5 Å². The molecule has 1 aromatic heterocycles. The number of aromatic amines is 1. The Morgan fingerprint density at radius 1 is 1.23 bits per heavy atom. The van der Waals surface area contributed by atoms with Crippen LogP contribution in [0.2, 0.25) is 0 Å². The number of carbonyl (C=O) groups is 1. The highest BCUT2D eigenvalue weighted by Crippen LogP contribution is 2.17. The van der Waals surface area contributed by atoms with Crippen molar-refractivity contribution in [3.63, 3.8) is 0 Å². The summed E-state index contributed by atoms with van der Waals surface area (Å²) in [7, 11) is 5.84. The van der Waals surface area contributed by atoms with Crippen LogP contribution in [0.3, 0.4) is 0 Å². The van der Waals surface area contributed by atoms with Crippen molar-refractivity contribution in [1.29, 1.82) is 0 Å². The highest BCUT2D eigenvalue weighted by molar-refractivity contribution is 5.98. The number of benzene rings is 1. The average Bonchev–Trinajstić information content (AvgIpc) is 2.87. The van der Waals surface area contributed by atoms with Gasteiger partial charge in [0.1, 0.15) is 5.69 Å². The summed E-state index contributed by atoms with van der Waals surface area (Å²) in [4.78, 5) is 19.3. The number of amides is 1. The molecule has 0 atom stereocenters. The lowest BCUT2D eigenvalue weighted by atomic mass is 10.2. The van der Waals surface area contributed by atoms with Crippen LogP contribution in [-0.4, -0.2) is 54.9 Å². The zero-order valence-electron chi connectivity index (χ0n) is 14.1. The number of hydrogen-bond donors (Lipinski definition) is 1. The fourth-order valence-electron chi connectivity index (χ4n) is 2.02. The monoisotopic (exact) mass is 299 g/mol. The predicted octanol–water partition coefficient (Wildman–Crippen LogP) is 2.75. The quantitative estimate of drug-likeness (QED) is 0.882. The summed E-state index contributed by atoms with van der Waals surface area (Å²) in [6.45, 7) is 5.29. The van der Waals surface area contributed by atoms with Crippen LogP contribution in [0.4, 0.5) is 0 Å². The number of terminal acetylenes is 1. The Hall–Kier alpha value is -2.25. The van der Waals surface area contributed by atoms with Gasteiger partial charge in [-0.3, -0.25) is 4.79 Å². The SMILES string of the molecule is C#CC.Cc1ccc2[nH]c(C(=O)N(C)CCN(C)C)cc2c1. The molecule has 0 unspecified atom stereocenters. The Morgan fingerprint density at radius 3 is 2.45 bits per heavy atom. The lowest BCUT2D eigenvalue weighted by Gasteiger charge is -2.18. The normalized spacial score (nSPS) is 10.0. The molecule has 1 heterocycles. The fourth-order valence-corrected chi connectivity index (χ4v) is 2.02. The van der Waals surface area contributed by atoms with Crippen molar-refractivity contribution in [2.45, 2.75) is 13.8 Å². The summed E-state index contributed by atoms with van der Waals surface area (Å²) in [6.07, 6.45) is 4.60. The van der Waals surface area contributed by atoms with Crippen molar-refractivity contribution in [3.8, 4) is 12.3 Å². The van der Waals surface area contributed by atoms with Crippen molar-refractivity contribution in [2.75, 3.05) is 34.2 Å². The van der Waals surface area contributed by atoms with Crippen molar-refractivity contribution < 1.29 is 4.79 Å². The Balaban J connectivity index is 0.000000745. The summed E-state index contributed by atoms with van der Waals surface area (Å²) in [6, 6.07) is 8.07. The van der Waals surface area contributed by atoms with Crippen LogP contribution in [0.25, 0.3) is 10.9 Å². The molecule has 0 saturated heterocycles. The lowest BCUT2D eigenvalue weighted by Crippen LogP contribution is -2.33. The number of carbonyl (C=O) groups excluding carboxylic acids is 1. The molecular formula is C18H25N3O. The fraction of sp³-hybridized carbons (Fsp3) is 0.389. The minimum Gasteiger partial charge on any atom is -0.351 e. The van der Waals surface area contributed by atoms with E-state index in [2.05, 4.69) is 35.2 Å². The Bertz CT molecular complexity index is 665. The first-order chi connectivity index (χ1) is 10.4. The van der Waals surface area contributed by atoms with Gasteiger partial charge in [-0.05, 0) is 46.1 Å². The second kappa shape index (κ2) is 8.26. The summed E-state index contributed by atoms with van der Waals surface area (Å²) in [5, 5.41) is 1.09. The molecule has 0 spiro atoms. The van der Waals surface area contributed by atoms with Crippen molar-refractivity contribution in [2.24, 2.45) is 0 Å². The molecule has 0 fully saturated rings. The van der Waals surface area contributed by atoms with Gasteiger partial charge in [0.15, 0.2) is 0 Å². The molecule has 4 heteroatoms. The first-order valence-corrected chi connectivity index (χ1v) is 7.26. The van der Waals surface area contributed by atoms with Gasteiger partial charge >= 0.3 is 0 Å². The molecule has 118 valence electrons. The third-order valence-corrected chi connectivity index (χ3v) is 3.24. The minimum atomic E-state index is 0.0377. The zero-order chi connectivity index (χ0) is 16.7. The number of aryl methyl sites for hydroxylation is 1. The molecule has 0 aliphatic carbocycles. The number of H-pyrrole nitrogens is 1. The summed E-state index contributed by atoms with van der Waals surface area (Å²) in [5.41, 5.74) is 2.86. The smallest absolute Gasteiger partial charge is 0.270 e. The second-order valence-electron chi connectivity index (χ2n) is 5.59. The van der Waals surface area contributed by atoms with Gasteiger partial charge in [-0.1, -0.05) is 11.6 Å². The number of nitrogens with zero attached hydrogens (tertiary/aromatic N) is 2. The van der Waals surface area contributed by atoms with Gasteiger partial charge in [-0.25, -0.2) is 0 Å². The molecular weight excluding hydrogens is 274 g/mol. The molecule has 22 heavy (non-hydrogen) atoms. The maximum Gasteiger partial charge on any atom is 0.270 e. The molecule has 0 bridgehead atoms. The van der Waals surface area contributed by atoms with E-state index in [1.807, 2.05) is 39.3 Å². The van der Waals surface area contributed by atoms with Crippen molar-refractivity contribution >= 4 is 16.8 Å². The number of aromatic nitrogens is 1. The molecule has 1 amide bonds. The lowest BCUT2D eigenvalue weighted by molar-refractivity contribution is 0.0781. The van der Waals surface area contributed by atoms with Gasteiger partial charge < -0.3 is 14.8 Å². The van der Waals surface area contributed by atoms with Crippen LogP contribution >= 0.6 is 0 Å². The molecule has 0 radical (unpaired) electrons. The van der Waals surface area contributed by atoms with Gasteiger partial charge in [-0.15, -0.1) is 12.3 Å². The topological polar surface area (TPSA) is 39.3 Å².